The smallest absolute Gasteiger partial charge is 0.0345 e. The van der Waals surface area contributed by atoms with Gasteiger partial charge in [0, 0.05) is 11.7 Å². The van der Waals surface area contributed by atoms with Gasteiger partial charge in [-0.2, -0.15) is 0 Å². The van der Waals surface area contributed by atoms with Crippen LogP contribution in [-0.4, -0.2) is 6.04 Å². The Morgan fingerprint density at radius 2 is 2.06 bits per heavy atom. The number of hydrogen-bond acceptors (Lipinski definition) is 1. The van der Waals surface area contributed by atoms with E-state index in [2.05, 4.69) is 30.4 Å². The third-order valence-corrected chi connectivity index (χ3v) is 4.59. The minimum absolute atomic E-state index is 0.722. The molecule has 0 aromatic heterocycles. The third-order valence-electron chi connectivity index (χ3n) is 4.59. The summed E-state index contributed by atoms with van der Waals surface area (Å²) in [5.74, 6) is 0.960. The topological polar surface area (TPSA) is 12.0 Å². The standard InChI is InChI=1S/C16H23N/c1-2-12-6-8-15(10-12)17-16-9-7-13-4-3-5-14(13)11-16/h7,9,11-12,15,17H,2-6,8,10H2,1H3. The maximum atomic E-state index is 3.73. The molecule has 2 unspecified atom stereocenters. The van der Waals surface area contributed by atoms with Crippen molar-refractivity contribution in [3.63, 3.8) is 0 Å². The second kappa shape index (κ2) is 4.72. The Labute approximate surface area is 105 Å². The number of benzene rings is 1. The molecule has 0 bridgehead atoms. The molecule has 1 N–H and O–H groups in total. The lowest BCUT2D eigenvalue weighted by molar-refractivity contribution is 0.525. The fourth-order valence-electron chi connectivity index (χ4n) is 3.47. The molecule has 1 heteroatoms. The number of rotatable bonds is 3. The predicted octanol–water partition coefficient (Wildman–Crippen LogP) is 4.17. The van der Waals surface area contributed by atoms with Crippen LogP contribution in [0.3, 0.4) is 0 Å². The summed E-state index contributed by atoms with van der Waals surface area (Å²) in [4.78, 5) is 0. The number of nitrogens with one attached hydrogen (secondary N) is 1. The first-order chi connectivity index (χ1) is 8.35. The van der Waals surface area contributed by atoms with E-state index in [4.69, 9.17) is 0 Å². The summed E-state index contributed by atoms with van der Waals surface area (Å²) in [5.41, 5.74) is 4.51. The molecule has 17 heavy (non-hydrogen) atoms. The van der Waals surface area contributed by atoms with E-state index in [1.165, 1.54) is 50.6 Å². The Balaban J connectivity index is 1.65. The molecule has 1 aromatic carbocycles. The lowest BCUT2D eigenvalue weighted by atomic mass is 10.1. The Kier molecular flexibility index (Phi) is 3.09. The Morgan fingerprint density at radius 1 is 1.18 bits per heavy atom. The van der Waals surface area contributed by atoms with Gasteiger partial charge in [0.2, 0.25) is 0 Å². The molecule has 0 radical (unpaired) electrons. The highest BCUT2D eigenvalue weighted by Gasteiger charge is 2.23. The minimum atomic E-state index is 0.722. The van der Waals surface area contributed by atoms with Gasteiger partial charge in [-0.15, -0.1) is 0 Å². The second-order valence-corrected chi connectivity index (χ2v) is 5.77. The van der Waals surface area contributed by atoms with Gasteiger partial charge in [-0.05, 0) is 67.7 Å². The first kappa shape index (κ1) is 11.1. The molecule has 0 saturated heterocycles. The third kappa shape index (κ3) is 2.34. The van der Waals surface area contributed by atoms with E-state index in [0.29, 0.717) is 0 Å². The van der Waals surface area contributed by atoms with Gasteiger partial charge < -0.3 is 5.32 Å². The van der Waals surface area contributed by atoms with Crippen LogP contribution in [0.2, 0.25) is 0 Å². The Hall–Kier alpha value is -0.980. The molecule has 0 spiro atoms. The summed E-state index contributed by atoms with van der Waals surface area (Å²) < 4.78 is 0. The Morgan fingerprint density at radius 3 is 2.88 bits per heavy atom. The van der Waals surface area contributed by atoms with E-state index in [1.54, 1.807) is 11.1 Å². The van der Waals surface area contributed by atoms with E-state index in [-0.39, 0.29) is 0 Å². The van der Waals surface area contributed by atoms with E-state index in [9.17, 15) is 0 Å². The van der Waals surface area contributed by atoms with Gasteiger partial charge in [-0.25, -0.2) is 0 Å². The van der Waals surface area contributed by atoms with Crippen molar-refractivity contribution in [2.45, 2.75) is 57.9 Å². The van der Waals surface area contributed by atoms with Crippen molar-refractivity contribution in [2.75, 3.05) is 5.32 Å². The average Bonchev–Trinajstić information content (AvgIpc) is 2.96. The van der Waals surface area contributed by atoms with Crippen LogP contribution < -0.4 is 5.32 Å². The van der Waals surface area contributed by atoms with Crippen LogP contribution in [0.15, 0.2) is 18.2 Å². The predicted molar refractivity (Wildman–Crippen MR) is 73.5 cm³/mol. The van der Waals surface area contributed by atoms with Gasteiger partial charge in [-0.3, -0.25) is 0 Å². The summed E-state index contributed by atoms with van der Waals surface area (Å²) in [6.45, 7) is 2.32. The maximum Gasteiger partial charge on any atom is 0.0345 e. The van der Waals surface area contributed by atoms with E-state index < -0.39 is 0 Å². The molecule has 1 nitrogen and oxygen atoms in total. The monoisotopic (exact) mass is 229 g/mol. The molecule has 1 fully saturated rings. The normalized spacial score (nSPS) is 27.1. The minimum Gasteiger partial charge on any atom is -0.382 e. The Bertz CT molecular complexity index is 397. The van der Waals surface area contributed by atoms with Gasteiger partial charge in [0.05, 0.1) is 0 Å². The number of hydrogen-bond donors (Lipinski definition) is 1. The van der Waals surface area contributed by atoms with Crippen molar-refractivity contribution in [1.29, 1.82) is 0 Å². The second-order valence-electron chi connectivity index (χ2n) is 5.77. The number of aryl methyl sites for hydroxylation is 2. The van der Waals surface area contributed by atoms with Crippen molar-refractivity contribution < 1.29 is 0 Å². The van der Waals surface area contributed by atoms with Crippen LogP contribution in [-0.2, 0) is 12.8 Å². The van der Waals surface area contributed by atoms with Crippen molar-refractivity contribution in [3.8, 4) is 0 Å². The van der Waals surface area contributed by atoms with E-state index >= 15 is 0 Å². The fraction of sp³-hybridized carbons (Fsp3) is 0.625. The van der Waals surface area contributed by atoms with Crippen LogP contribution in [0.1, 0.15) is 50.2 Å². The van der Waals surface area contributed by atoms with E-state index in [1.807, 2.05) is 0 Å². The summed E-state index contributed by atoms with van der Waals surface area (Å²) in [5, 5.41) is 3.73. The van der Waals surface area contributed by atoms with E-state index in [0.717, 1.165) is 12.0 Å². The average molecular weight is 229 g/mol. The molecule has 0 aliphatic heterocycles. The SMILES string of the molecule is CCC1CCC(Nc2ccc3c(c2)CCC3)C1. The van der Waals surface area contributed by atoms with Gasteiger partial charge in [-0.1, -0.05) is 19.4 Å². The molecule has 2 aliphatic carbocycles. The first-order valence-electron chi connectivity index (χ1n) is 7.23. The number of anilines is 1. The van der Waals surface area contributed by atoms with Crippen LogP contribution in [0.4, 0.5) is 5.69 Å². The van der Waals surface area contributed by atoms with Gasteiger partial charge >= 0.3 is 0 Å². The van der Waals surface area contributed by atoms with Crippen molar-refractivity contribution >= 4 is 5.69 Å². The quantitative estimate of drug-likeness (QED) is 0.820. The molecule has 1 aromatic rings. The highest BCUT2D eigenvalue weighted by atomic mass is 14.9. The molecule has 92 valence electrons. The van der Waals surface area contributed by atoms with Crippen molar-refractivity contribution in [2.24, 2.45) is 5.92 Å². The summed E-state index contributed by atoms with van der Waals surface area (Å²) in [7, 11) is 0. The molecular formula is C16H23N. The molecule has 3 rings (SSSR count). The lowest BCUT2D eigenvalue weighted by Gasteiger charge is -2.15. The van der Waals surface area contributed by atoms with Crippen LogP contribution >= 0.6 is 0 Å². The molecule has 0 amide bonds. The van der Waals surface area contributed by atoms with Gasteiger partial charge in [0.25, 0.3) is 0 Å². The zero-order chi connectivity index (χ0) is 11.7. The summed E-state index contributed by atoms with van der Waals surface area (Å²) in [6.07, 6.45) is 9.41. The van der Waals surface area contributed by atoms with Gasteiger partial charge in [0.15, 0.2) is 0 Å². The largest absolute Gasteiger partial charge is 0.382 e. The van der Waals surface area contributed by atoms with Crippen molar-refractivity contribution in [1.82, 2.24) is 0 Å². The zero-order valence-corrected chi connectivity index (χ0v) is 10.8. The maximum absolute atomic E-state index is 3.73. The summed E-state index contributed by atoms with van der Waals surface area (Å²) >= 11 is 0. The van der Waals surface area contributed by atoms with Crippen LogP contribution in [0, 0.1) is 5.92 Å². The van der Waals surface area contributed by atoms with Crippen LogP contribution in [0.5, 0.6) is 0 Å². The van der Waals surface area contributed by atoms with Crippen LogP contribution in [0.25, 0.3) is 0 Å². The summed E-state index contributed by atoms with van der Waals surface area (Å²) in [6, 6.07) is 7.72. The first-order valence-corrected chi connectivity index (χ1v) is 7.23. The molecule has 1 saturated carbocycles. The molecule has 2 atom stereocenters. The fourth-order valence-corrected chi connectivity index (χ4v) is 3.47. The lowest BCUT2D eigenvalue weighted by Crippen LogP contribution is -2.15. The zero-order valence-electron chi connectivity index (χ0n) is 10.8. The number of fused-ring (bicyclic) bond motifs is 1. The molecule has 0 heterocycles. The highest BCUT2D eigenvalue weighted by molar-refractivity contribution is 5.50. The molecule has 2 aliphatic rings. The molecular weight excluding hydrogens is 206 g/mol. The highest BCUT2D eigenvalue weighted by Crippen LogP contribution is 2.31. The van der Waals surface area contributed by atoms with Crippen molar-refractivity contribution in [3.05, 3.63) is 29.3 Å². The van der Waals surface area contributed by atoms with Gasteiger partial charge in [0.1, 0.15) is 0 Å².